The number of carbonyl (C=O) groups excluding carboxylic acids is 2. The lowest BCUT2D eigenvalue weighted by Crippen LogP contribution is -2.57. The third-order valence-corrected chi connectivity index (χ3v) is 4.43. The average Bonchev–Trinajstić information content (AvgIpc) is 2.55. The Hall–Kier alpha value is -2.02. The molecule has 7 heteroatoms. The van der Waals surface area contributed by atoms with E-state index in [2.05, 4.69) is 5.32 Å². The number of benzene rings is 1. The predicted molar refractivity (Wildman–Crippen MR) is 79.9 cm³/mol. The van der Waals surface area contributed by atoms with Crippen molar-refractivity contribution in [3.05, 3.63) is 35.4 Å². The fourth-order valence-corrected chi connectivity index (χ4v) is 3.26. The van der Waals surface area contributed by atoms with Crippen molar-refractivity contribution in [2.24, 2.45) is 0 Å². The highest BCUT2D eigenvalue weighted by atomic mass is 19.1. The number of piperazine rings is 1. The summed E-state index contributed by atoms with van der Waals surface area (Å²) in [6.07, 6.45) is 1.51. The van der Waals surface area contributed by atoms with Gasteiger partial charge in [-0.3, -0.25) is 9.59 Å². The fraction of sp³-hybridized carbons (Fsp3) is 0.500. The molecule has 2 saturated heterocycles. The zero-order valence-corrected chi connectivity index (χ0v) is 12.7. The quantitative estimate of drug-likeness (QED) is 0.883. The SMILES string of the molecule is O=C(c1c(F)cccc1F)N1CCCC(N2CCNCC2=O)C1. The first-order valence-corrected chi connectivity index (χ1v) is 7.81. The number of nitrogens with one attached hydrogen (secondary N) is 1. The summed E-state index contributed by atoms with van der Waals surface area (Å²) in [5, 5.41) is 3.01. The maximum atomic E-state index is 13.8. The molecule has 0 bridgehead atoms. The molecule has 2 aliphatic rings. The van der Waals surface area contributed by atoms with Gasteiger partial charge in [0.25, 0.3) is 5.91 Å². The lowest BCUT2D eigenvalue weighted by atomic mass is 10.0. The Morgan fingerprint density at radius 2 is 1.96 bits per heavy atom. The number of piperidine rings is 1. The van der Waals surface area contributed by atoms with Crippen LogP contribution in [0, 0.1) is 11.6 Å². The molecule has 2 aliphatic heterocycles. The van der Waals surface area contributed by atoms with Crippen molar-refractivity contribution in [3.8, 4) is 0 Å². The highest BCUT2D eigenvalue weighted by Crippen LogP contribution is 2.21. The summed E-state index contributed by atoms with van der Waals surface area (Å²) in [5.41, 5.74) is -0.514. The summed E-state index contributed by atoms with van der Waals surface area (Å²) >= 11 is 0. The molecule has 124 valence electrons. The van der Waals surface area contributed by atoms with Crippen LogP contribution in [-0.4, -0.2) is 60.4 Å². The van der Waals surface area contributed by atoms with Crippen LogP contribution < -0.4 is 5.32 Å². The summed E-state index contributed by atoms with van der Waals surface area (Å²) in [5.74, 6) is -2.34. The Balaban J connectivity index is 1.75. The van der Waals surface area contributed by atoms with Gasteiger partial charge < -0.3 is 15.1 Å². The molecule has 1 aromatic carbocycles. The molecular formula is C16H19F2N3O2. The average molecular weight is 323 g/mol. The first-order valence-electron chi connectivity index (χ1n) is 7.81. The van der Waals surface area contributed by atoms with Crippen LogP contribution in [0.3, 0.4) is 0 Å². The summed E-state index contributed by atoms with van der Waals surface area (Å²) in [6.45, 7) is 2.38. The van der Waals surface area contributed by atoms with Crippen molar-refractivity contribution < 1.29 is 18.4 Å². The molecule has 1 aromatic rings. The van der Waals surface area contributed by atoms with E-state index in [1.165, 1.54) is 11.0 Å². The van der Waals surface area contributed by atoms with E-state index in [1.807, 2.05) is 0 Å². The summed E-state index contributed by atoms with van der Waals surface area (Å²) in [4.78, 5) is 27.7. The first kappa shape index (κ1) is 15.9. The Kier molecular flexibility index (Phi) is 4.56. The van der Waals surface area contributed by atoms with Gasteiger partial charge in [-0.25, -0.2) is 8.78 Å². The number of halogens is 2. The molecule has 0 radical (unpaired) electrons. The predicted octanol–water partition coefficient (Wildman–Crippen LogP) is 1.00. The van der Waals surface area contributed by atoms with Crippen molar-refractivity contribution in [1.82, 2.24) is 15.1 Å². The maximum Gasteiger partial charge on any atom is 0.259 e. The molecule has 1 atom stereocenters. The van der Waals surface area contributed by atoms with Crippen LogP contribution >= 0.6 is 0 Å². The Labute approximate surface area is 133 Å². The molecule has 3 rings (SSSR count). The molecule has 1 unspecified atom stereocenters. The largest absolute Gasteiger partial charge is 0.336 e. The normalized spacial score (nSPS) is 22.3. The van der Waals surface area contributed by atoms with Gasteiger partial charge in [0, 0.05) is 32.2 Å². The highest BCUT2D eigenvalue weighted by Gasteiger charge is 2.33. The van der Waals surface area contributed by atoms with E-state index < -0.39 is 23.1 Å². The van der Waals surface area contributed by atoms with Crippen LogP contribution in [0.25, 0.3) is 0 Å². The minimum Gasteiger partial charge on any atom is -0.336 e. The van der Waals surface area contributed by atoms with Gasteiger partial charge in [-0.15, -0.1) is 0 Å². The second-order valence-corrected chi connectivity index (χ2v) is 5.91. The number of carbonyl (C=O) groups is 2. The van der Waals surface area contributed by atoms with Gasteiger partial charge in [-0.05, 0) is 25.0 Å². The summed E-state index contributed by atoms with van der Waals surface area (Å²) < 4.78 is 27.6. The van der Waals surface area contributed by atoms with E-state index in [4.69, 9.17) is 0 Å². The molecule has 0 aliphatic carbocycles. The van der Waals surface area contributed by atoms with Gasteiger partial charge >= 0.3 is 0 Å². The molecule has 1 N–H and O–H groups in total. The van der Waals surface area contributed by atoms with Crippen LogP contribution in [0.15, 0.2) is 18.2 Å². The summed E-state index contributed by atoms with van der Waals surface area (Å²) in [7, 11) is 0. The van der Waals surface area contributed by atoms with Crippen molar-refractivity contribution in [1.29, 1.82) is 0 Å². The van der Waals surface area contributed by atoms with Gasteiger partial charge in [0.2, 0.25) is 5.91 Å². The smallest absolute Gasteiger partial charge is 0.259 e. The van der Waals surface area contributed by atoms with Crippen LogP contribution in [0.1, 0.15) is 23.2 Å². The first-order chi connectivity index (χ1) is 11.1. The zero-order valence-electron chi connectivity index (χ0n) is 12.7. The third-order valence-electron chi connectivity index (χ3n) is 4.43. The molecule has 2 amide bonds. The second kappa shape index (κ2) is 6.62. The monoisotopic (exact) mass is 323 g/mol. The molecule has 2 fully saturated rings. The molecule has 0 aromatic heterocycles. The van der Waals surface area contributed by atoms with E-state index in [-0.39, 0.29) is 11.9 Å². The van der Waals surface area contributed by atoms with E-state index >= 15 is 0 Å². The van der Waals surface area contributed by atoms with Crippen molar-refractivity contribution >= 4 is 11.8 Å². The van der Waals surface area contributed by atoms with Crippen LogP contribution in [0.5, 0.6) is 0 Å². The Morgan fingerprint density at radius 3 is 2.65 bits per heavy atom. The van der Waals surface area contributed by atoms with Crippen LogP contribution in [-0.2, 0) is 4.79 Å². The minimum atomic E-state index is -0.852. The number of rotatable bonds is 2. The zero-order chi connectivity index (χ0) is 16.4. The number of hydrogen-bond acceptors (Lipinski definition) is 3. The number of likely N-dealkylation sites (tertiary alicyclic amines) is 1. The molecule has 0 spiro atoms. The maximum absolute atomic E-state index is 13.8. The summed E-state index contributed by atoms with van der Waals surface area (Å²) in [6, 6.07) is 3.31. The Morgan fingerprint density at radius 1 is 1.22 bits per heavy atom. The van der Waals surface area contributed by atoms with Crippen molar-refractivity contribution in [2.45, 2.75) is 18.9 Å². The molecular weight excluding hydrogens is 304 g/mol. The van der Waals surface area contributed by atoms with Crippen molar-refractivity contribution in [3.63, 3.8) is 0 Å². The lowest BCUT2D eigenvalue weighted by molar-refractivity contribution is -0.135. The van der Waals surface area contributed by atoms with E-state index in [1.54, 1.807) is 4.90 Å². The lowest BCUT2D eigenvalue weighted by Gasteiger charge is -2.41. The van der Waals surface area contributed by atoms with Crippen molar-refractivity contribution in [2.75, 3.05) is 32.7 Å². The van der Waals surface area contributed by atoms with E-state index in [9.17, 15) is 18.4 Å². The highest BCUT2D eigenvalue weighted by molar-refractivity contribution is 5.95. The van der Waals surface area contributed by atoms with Gasteiger partial charge in [0.05, 0.1) is 6.54 Å². The standard InChI is InChI=1S/C16H19F2N3O2/c17-12-4-1-5-13(18)15(12)16(23)20-7-2-3-11(10-20)21-8-6-19-9-14(21)22/h1,4-5,11,19H,2-3,6-10H2. The van der Waals surface area contributed by atoms with Crippen LogP contribution in [0.4, 0.5) is 8.78 Å². The third kappa shape index (κ3) is 3.19. The number of amides is 2. The van der Waals surface area contributed by atoms with Gasteiger partial charge in [0.1, 0.15) is 17.2 Å². The van der Waals surface area contributed by atoms with Gasteiger partial charge in [-0.2, -0.15) is 0 Å². The topological polar surface area (TPSA) is 52.7 Å². The fourth-order valence-electron chi connectivity index (χ4n) is 3.26. The number of nitrogens with zero attached hydrogens (tertiary/aromatic N) is 2. The molecule has 0 saturated carbocycles. The molecule has 2 heterocycles. The Bertz CT molecular complexity index is 603. The molecule has 5 nitrogen and oxygen atoms in total. The molecule has 23 heavy (non-hydrogen) atoms. The van der Waals surface area contributed by atoms with Gasteiger partial charge in [-0.1, -0.05) is 6.07 Å². The van der Waals surface area contributed by atoms with Crippen LogP contribution in [0.2, 0.25) is 0 Å². The van der Waals surface area contributed by atoms with E-state index in [0.29, 0.717) is 32.6 Å². The minimum absolute atomic E-state index is 0.00706. The number of hydrogen-bond donors (Lipinski definition) is 1. The van der Waals surface area contributed by atoms with E-state index in [0.717, 1.165) is 25.1 Å². The van der Waals surface area contributed by atoms with Gasteiger partial charge in [0.15, 0.2) is 0 Å². The second-order valence-electron chi connectivity index (χ2n) is 5.91.